The van der Waals surface area contributed by atoms with Crippen LogP contribution in [0.4, 0.5) is 0 Å². The summed E-state index contributed by atoms with van der Waals surface area (Å²) in [4.78, 5) is 15.4. The molecule has 20 heavy (non-hydrogen) atoms. The van der Waals surface area contributed by atoms with Crippen LogP contribution in [-0.2, 0) is 13.1 Å². The Morgan fingerprint density at radius 3 is 2.70 bits per heavy atom. The molecular formula is C16H18N2O2. The Bertz CT molecular complexity index is 624. The fraction of sp³-hybridized carbons (Fsp3) is 0.250. The molecule has 1 aromatic carbocycles. The Labute approximate surface area is 118 Å². The molecule has 104 valence electrons. The van der Waals surface area contributed by atoms with E-state index >= 15 is 0 Å². The number of aryl methyl sites for hydroxylation is 2. The molecule has 2 N–H and O–H groups in total. The van der Waals surface area contributed by atoms with E-state index in [1.54, 1.807) is 18.2 Å². The van der Waals surface area contributed by atoms with Gasteiger partial charge in [0.1, 0.15) is 0 Å². The van der Waals surface area contributed by atoms with Crippen molar-refractivity contribution in [1.29, 1.82) is 0 Å². The van der Waals surface area contributed by atoms with Gasteiger partial charge in [-0.15, -0.1) is 0 Å². The molecule has 0 atom stereocenters. The summed E-state index contributed by atoms with van der Waals surface area (Å²) in [5.74, 6) is -0.900. The molecule has 1 heterocycles. The minimum Gasteiger partial charge on any atom is -0.478 e. The summed E-state index contributed by atoms with van der Waals surface area (Å²) >= 11 is 0. The van der Waals surface area contributed by atoms with E-state index in [2.05, 4.69) is 16.4 Å². The van der Waals surface area contributed by atoms with Gasteiger partial charge in [0, 0.05) is 18.8 Å². The van der Waals surface area contributed by atoms with Gasteiger partial charge >= 0.3 is 5.97 Å². The first-order valence-electron chi connectivity index (χ1n) is 6.52. The number of carboxylic acid groups (broad SMARTS) is 1. The third-order valence-electron chi connectivity index (χ3n) is 3.22. The summed E-state index contributed by atoms with van der Waals surface area (Å²) in [6, 6.07) is 11.0. The number of rotatable bonds is 5. The third kappa shape index (κ3) is 3.65. The minimum atomic E-state index is -0.900. The predicted molar refractivity (Wildman–Crippen MR) is 77.7 cm³/mol. The van der Waals surface area contributed by atoms with Crippen LogP contribution in [0.2, 0.25) is 0 Å². The van der Waals surface area contributed by atoms with Crippen molar-refractivity contribution < 1.29 is 9.90 Å². The summed E-state index contributed by atoms with van der Waals surface area (Å²) < 4.78 is 0. The maximum Gasteiger partial charge on any atom is 0.335 e. The van der Waals surface area contributed by atoms with Gasteiger partial charge in [-0.2, -0.15) is 0 Å². The molecular weight excluding hydrogens is 252 g/mol. The Morgan fingerprint density at radius 1 is 1.20 bits per heavy atom. The molecule has 0 aliphatic heterocycles. The highest BCUT2D eigenvalue weighted by molar-refractivity contribution is 5.87. The molecule has 4 heteroatoms. The smallest absolute Gasteiger partial charge is 0.335 e. The molecule has 0 unspecified atom stereocenters. The number of carbonyl (C=O) groups is 1. The zero-order valence-electron chi connectivity index (χ0n) is 11.7. The standard InChI is InChI=1S/C16H18N2O2/c1-11-6-7-15(18-12(11)2)10-17-9-13-4-3-5-14(8-13)16(19)20/h3-8,17H,9-10H2,1-2H3,(H,19,20). The molecule has 0 saturated heterocycles. The second-order valence-corrected chi connectivity index (χ2v) is 4.81. The molecule has 0 aliphatic rings. The topological polar surface area (TPSA) is 62.2 Å². The van der Waals surface area contributed by atoms with Crippen molar-refractivity contribution >= 4 is 5.97 Å². The maximum absolute atomic E-state index is 10.9. The first-order valence-corrected chi connectivity index (χ1v) is 6.52. The largest absolute Gasteiger partial charge is 0.478 e. The van der Waals surface area contributed by atoms with Gasteiger partial charge in [0.15, 0.2) is 0 Å². The number of pyridine rings is 1. The van der Waals surface area contributed by atoms with Crippen molar-refractivity contribution in [2.24, 2.45) is 0 Å². The summed E-state index contributed by atoms with van der Waals surface area (Å²) in [5, 5.41) is 12.2. The lowest BCUT2D eigenvalue weighted by Gasteiger charge is -2.07. The van der Waals surface area contributed by atoms with Crippen LogP contribution in [0.25, 0.3) is 0 Å². The van der Waals surface area contributed by atoms with E-state index in [0.29, 0.717) is 18.7 Å². The summed E-state index contributed by atoms with van der Waals surface area (Å²) in [6.45, 7) is 5.32. The van der Waals surface area contributed by atoms with Gasteiger partial charge in [-0.05, 0) is 43.2 Å². The maximum atomic E-state index is 10.9. The molecule has 4 nitrogen and oxygen atoms in total. The van der Waals surface area contributed by atoms with Crippen LogP contribution in [0.3, 0.4) is 0 Å². The first kappa shape index (κ1) is 14.2. The number of hydrogen-bond acceptors (Lipinski definition) is 3. The number of benzene rings is 1. The number of aromatic carboxylic acids is 1. The van der Waals surface area contributed by atoms with Gasteiger partial charge in [-0.25, -0.2) is 4.79 Å². The molecule has 0 aliphatic carbocycles. The average Bonchev–Trinajstić information content (AvgIpc) is 2.43. The van der Waals surface area contributed by atoms with E-state index in [4.69, 9.17) is 5.11 Å². The second kappa shape index (κ2) is 6.30. The van der Waals surface area contributed by atoms with Gasteiger partial charge in [0.05, 0.1) is 11.3 Å². The van der Waals surface area contributed by atoms with E-state index in [9.17, 15) is 4.79 Å². The highest BCUT2D eigenvalue weighted by atomic mass is 16.4. The number of carboxylic acids is 1. The van der Waals surface area contributed by atoms with E-state index in [1.165, 1.54) is 5.56 Å². The number of nitrogens with zero attached hydrogens (tertiary/aromatic N) is 1. The fourth-order valence-electron chi connectivity index (χ4n) is 1.93. The quantitative estimate of drug-likeness (QED) is 0.877. The average molecular weight is 270 g/mol. The minimum absolute atomic E-state index is 0.314. The zero-order chi connectivity index (χ0) is 14.5. The predicted octanol–water partition coefficient (Wildman–Crippen LogP) is 2.69. The Morgan fingerprint density at radius 2 is 2.00 bits per heavy atom. The number of nitrogens with one attached hydrogen (secondary N) is 1. The van der Waals surface area contributed by atoms with Gasteiger partial charge in [0.2, 0.25) is 0 Å². The normalized spacial score (nSPS) is 10.5. The van der Waals surface area contributed by atoms with Gasteiger partial charge in [-0.1, -0.05) is 18.2 Å². The lowest BCUT2D eigenvalue weighted by atomic mass is 10.1. The Hall–Kier alpha value is -2.20. The van der Waals surface area contributed by atoms with Crippen molar-refractivity contribution in [3.05, 3.63) is 64.5 Å². The van der Waals surface area contributed by atoms with E-state index in [-0.39, 0.29) is 0 Å². The van der Waals surface area contributed by atoms with E-state index < -0.39 is 5.97 Å². The molecule has 0 bridgehead atoms. The van der Waals surface area contributed by atoms with Crippen molar-refractivity contribution in [2.45, 2.75) is 26.9 Å². The highest BCUT2D eigenvalue weighted by Gasteiger charge is 2.03. The van der Waals surface area contributed by atoms with Crippen LogP contribution < -0.4 is 5.32 Å². The van der Waals surface area contributed by atoms with Crippen LogP contribution >= 0.6 is 0 Å². The van der Waals surface area contributed by atoms with Crippen LogP contribution in [0.15, 0.2) is 36.4 Å². The molecule has 0 radical (unpaired) electrons. The molecule has 0 saturated carbocycles. The van der Waals surface area contributed by atoms with Crippen LogP contribution in [0, 0.1) is 13.8 Å². The summed E-state index contributed by atoms with van der Waals surface area (Å²) in [5.41, 5.74) is 4.48. The zero-order valence-corrected chi connectivity index (χ0v) is 11.7. The molecule has 0 amide bonds. The van der Waals surface area contributed by atoms with Gasteiger partial charge in [-0.3, -0.25) is 4.98 Å². The Balaban J connectivity index is 1.94. The second-order valence-electron chi connectivity index (χ2n) is 4.81. The number of hydrogen-bond donors (Lipinski definition) is 2. The first-order chi connectivity index (χ1) is 9.56. The van der Waals surface area contributed by atoms with E-state index in [1.807, 2.05) is 26.0 Å². The fourth-order valence-corrected chi connectivity index (χ4v) is 1.93. The summed E-state index contributed by atoms with van der Waals surface area (Å²) in [7, 11) is 0. The van der Waals surface area contributed by atoms with Crippen LogP contribution in [-0.4, -0.2) is 16.1 Å². The Kier molecular flexibility index (Phi) is 4.48. The van der Waals surface area contributed by atoms with E-state index in [0.717, 1.165) is 17.0 Å². The lowest BCUT2D eigenvalue weighted by Crippen LogP contribution is -2.14. The summed E-state index contributed by atoms with van der Waals surface area (Å²) in [6.07, 6.45) is 0. The molecule has 1 aromatic heterocycles. The molecule has 0 spiro atoms. The van der Waals surface area contributed by atoms with Crippen molar-refractivity contribution in [2.75, 3.05) is 0 Å². The van der Waals surface area contributed by atoms with Crippen molar-refractivity contribution in [1.82, 2.24) is 10.3 Å². The molecule has 0 fully saturated rings. The van der Waals surface area contributed by atoms with Gasteiger partial charge in [0.25, 0.3) is 0 Å². The molecule has 2 rings (SSSR count). The SMILES string of the molecule is Cc1ccc(CNCc2cccc(C(=O)O)c2)nc1C. The monoisotopic (exact) mass is 270 g/mol. The van der Waals surface area contributed by atoms with Crippen molar-refractivity contribution in [3.63, 3.8) is 0 Å². The van der Waals surface area contributed by atoms with Crippen LogP contribution in [0.5, 0.6) is 0 Å². The number of aromatic nitrogens is 1. The third-order valence-corrected chi connectivity index (χ3v) is 3.22. The molecule has 2 aromatic rings. The van der Waals surface area contributed by atoms with Crippen molar-refractivity contribution in [3.8, 4) is 0 Å². The lowest BCUT2D eigenvalue weighted by molar-refractivity contribution is 0.0696. The highest BCUT2D eigenvalue weighted by Crippen LogP contribution is 2.07. The van der Waals surface area contributed by atoms with Gasteiger partial charge < -0.3 is 10.4 Å². The van der Waals surface area contributed by atoms with Crippen LogP contribution in [0.1, 0.15) is 32.9 Å².